The maximum absolute atomic E-state index is 12.3. The molecule has 1 N–H and O–H groups in total. The van der Waals surface area contributed by atoms with E-state index in [2.05, 4.69) is 33.1 Å². The zero-order valence-corrected chi connectivity index (χ0v) is 17.5. The van der Waals surface area contributed by atoms with Crippen LogP contribution in [0.3, 0.4) is 0 Å². The van der Waals surface area contributed by atoms with Crippen LogP contribution in [0.1, 0.15) is 21.7 Å². The van der Waals surface area contributed by atoms with Crippen LogP contribution < -0.4 is 10.2 Å². The van der Waals surface area contributed by atoms with Gasteiger partial charge in [-0.05, 0) is 64.6 Å². The van der Waals surface area contributed by atoms with Crippen molar-refractivity contribution in [1.29, 1.82) is 0 Å². The molecule has 6 heteroatoms. The van der Waals surface area contributed by atoms with E-state index in [-0.39, 0.29) is 5.76 Å². The molecule has 4 rings (SSSR count). The highest BCUT2D eigenvalue weighted by atomic mass is 127. The number of fused-ring (bicyclic) bond motifs is 1. The number of hydrazone groups is 1. The molecule has 0 aliphatic rings. The van der Waals surface area contributed by atoms with Crippen LogP contribution in [0.25, 0.3) is 11.0 Å². The second kappa shape index (κ2) is 8.91. The lowest BCUT2D eigenvalue weighted by molar-refractivity contribution is 0.0929. The number of carbonyl (C=O) groups is 1. The summed E-state index contributed by atoms with van der Waals surface area (Å²) < 4.78 is 12.6. The SMILES string of the molecule is O=C(N/N=C/c1ccccc1OCc1ccc(I)cc1)c1cc2ccccc2o1. The molecule has 5 nitrogen and oxygen atoms in total. The summed E-state index contributed by atoms with van der Waals surface area (Å²) in [4.78, 5) is 12.3. The smallest absolute Gasteiger partial charge is 0.307 e. The van der Waals surface area contributed by atoms with E-state index in [9.17, 15) is 4.79 Å². The lowest BCUT2D eigenvalue weighted by Crippen LogP contribution is -2.16. The minimum Gasteiger partial charge on any atom is -0.488 e. The minimum atomic E-state index is -0.408. The van der Waals surface area contributed by atoms with Crippen molar-refractivity contribution in [3.8, 4) is 5.75 Å². The second-order valence-electron chi connectivity index (χ2n) is 6.30. The summed E-state index contributed by atoms with van der Waals surface area (Å²) in [5.74, 6) is 0.495. The van der Waals surface area contributed by atoms with E-state index in [0.717, 1.165) is 16.5 Å². The van der Waals surface area contributed by atoms with Crippen molar-refractivity contribution in [3.05, 3.63) is 99.3 Å². The molecule has 0 atom stereocenters. The molecule has 0 saturated heterocycles. The number of carbonyl (C=O) groups excluding carboxylic acids is 1. The molecule has 4 aromatic rings. The summed E-state index contributed by atoms with van der Waals surface area (Å²) >= 11 is 2.27. The number of halogens is 1. The van der Waals surface area contributed by atoms with E-state index in [1.54, 1.807) is 12.3 Å². The van der Waals surface area contributed by atoms with Crippen LogP contribution in [-0.2, 0) is 6.61 Å². The predicted octanol–water partition coefficient (Wildman–Crippen LogP) is 5.38. The monoisotopic (exact) mass is 496 g/mol. The molecule has 0 radical (unpaired) electrons. The third-order valence-electron chi connectivity index (χ3n) is 4.25. The fraction of sp³-hybridized carbons (Fsp3) is 0.0435. The van der Waals surface area contributed by atoms with Crippen molar-refractivity contribution >= 4 is 45.7 Å². The fourth-order valence-electron chi connectivity index (χ4n) is 2.77. The van der Waals surface area contributed by atoms with Crippen molar-refractivity contribution in [1.82, 2.24) is 5.43 Å². The average Bonchev–Trinajstić information content (AvgIpc) is 3.18. The van der Waals surface area contributed by atoms with E-state index < -0.39 is 5.91 Å². The van der Waals surface area contributed by atoms with Gasteiger partial charge in [-0.25, -0.2) is 5.43 Å². The average molecular weight is 496 g/mol. The van der Waals surface area contributed by atoms with Crippen LogP contribution in [0.5, 0.6) is 5.75 Å². The van der Waals surface area contributed by atoms with E-state index in [1.165, 1.54) is 3.57 Å². The second-order valence-corrected chi connectivity index (χ2v) is 7.55. The first kappa shape index (κ1) is 19.2. The molecule has 0 aliphatic carbocycles. The first-order valence-corrected chi connectivity index (χ1v) is 10.1. The van der Waals surface area contributed by atoms with Crippen molar-refractivity contribution in [2.24, 2.45) is 5.10 Å². The van der Waals surface area contributed by atoms with Crippen LogP contribution in [-0.4, -0.2) is 12.1 Å². The predicted molar refractivity (Wildman–Crippen MR) is 121 cm³/mol. The molecular formula is C23H17IN2O3. The van der Waals surface area contributed by atoms with Gasteiger partial charge >= 0.3 is 5.91 Å². The van der Waals surface area contributed by atoms with Crippen molar-refractivity contribution in [3.63, 3.8) is 0 Å². The van der Waals surface area contributed by atoms with Gasteiger partial charge in [0.2, 0.25) is 0 Å². The van der Waals surface area contributed by atoms with Gasteiger partial charge in [-0.2, -0.15) is 5.10 Å². The Balaban J connectivity index is 1.41. The van der Waals surface area contributed by atoms with Gasteiger partial charge in [-0.1, -0.05) is 42.5 Å². The number of nitrogens with one attached hydrogen (secondary N) is 1. The van der Waals surface area contributed by atoms with Gasteiger partial charge in [-0.3, -0.25) is 4.79 Å². The normalized spacial score (nSPS) is 11.1. The van der Waals surface area contributed by atoms with Crippen LogP contribution >= 0.6 is 22.6 Å². The summed E-state index contributed by atoms with van der Waals surface area (Å²) in [6.07, 6.45) is 1.56. The maximum Gasteiger partial charge on any atom is 0.307 e. The molecule has 0 unspecified atom stereocenters. The number of ether oxygens (including phenoxy) is 1. The Morgan fingerprint density at radius 1 is 1.03 bits per heavy atom. The number of benzene rings is 3. The van der Waals surface area contributed by atoms with Gasteiger partial charge in [-0.15, -0.1) is 0 Å². The fourth-order valence-corrected chi connectivity index (χ4v) is 3.13. The number of rotatable bonds is 6. The Morgan fingerprint density at radius 2 is 1.79 bits per heavy atom. The van der Waals surface area contributed by atoms with Crippen LogP contribution in [0.2, 0.25) is 0 Å². The lowest BCUT2D eigenvalue weighted by atomic mass is 10.2. The summed E-state index contributed by atoms with van der Waals surface area (Å²) in [5, 5.41) is 4.92. The molecule has 144 valence electrons. The Morgan fingerprint density at radius 3 is 2.62 bits per heavy atom. The van der Waals surface area contributed by atoms with Gasteiger partial charge < -0.3 is 9.15 Å². The largest absolute Gasteiger partial charge is 0.488 e. The van der Waals surface area contributed by atoms with Gasteiger partial charge in [0, 0.05) is 14.5 Å². The molecule has 0 bridgehead atoms. The Kier molecular flexibility index (Phi) is 5.90. The number of furan rings is 1. The highest BCUT2D eigenvalue weighted by Crippen LogP contribution is 2.19. The minimum absolute atomic E-state index is 0.214. The van der Waals surface area contributed by atoms with E-state index in [0.29, 0.717) is 17.9 Å². The van der Waals surface area contributed by atoms with Gasteiger partial charge in [0.1, 0.15) is 17.9 Å². The van der Waals surface area contributed by atoms with Crippen molar-refractivity contribution in [2.75, 3.05) is 0 Å². The van der Waals surface area contributed by atoms with Crippen LogP contribution in [0, 0.1) is 3.57 Å². The Bertz CT molecular complexity index is 1130. The quantitative estimate of drug-likeness (QED) is 0.222. The molecule has 0 spiro atoms. The standard InChI is InChI=1S/C23H17IN2O3/c24-19-11-9-16(10-12-19)15-28-20-7-3-2-6-18(20)14-25-26-23(27)22-13-17-5-1-4-8-21(17)29-22/h1-14H,15H2,(H,26,27)/b25-14+. The molecule has 1 heterocycles. The molecule has 0 fully saturated rings. The summed E-state index contributed by atoms with van der Waals surface area (Å²) in [6, 6.07) is 24.8. The number of amides is 1. The number of para-hydroxylation sites is 2. The molecule has 0 saturated carbocycles. The third kappa shape index (κ3) is 4.83. The topological polar surface area (TPSA) is 63.8 Å². The zero-order valence-electron chi connectivity index (χ0n) is 15.3. The first-order valence-electron chi connectivity index (χ1n) is 8.97. The summed E-state index contributed by atoms with van der Waals surface area (Å²) in [5.41, 5.74) is 5.00. The van der Waals surface area contributed by atoms with E-state index >= 15 is 0 Å². The van der Waals surface area contributed by atoms with Crippen molar-refractivity contribution in [2.45, 2.75) is 6.61 Å². The van der Waals surface area contributed by atoms with E-state index in [4.69, 9.17) is 9.15 Å². The highest BCUT2D eigenvalue weighted by molar-refractivity contribution is 14.1. The molecule has 1 aromatic heterocycles. The van der Waals surface area contributed by atoms with Crippen molar-refractivity contribution < 1.29 is 13.9 Å². The Labute approximate surface area is 181 Å². The van der Waals surface area contributed by atoms with E-state index in [1.807, 2.05) is 72.8 Å². The number of nitrogens with zero attached hydrogens (tertiary/aromatic N) is 1. The van der Waals surface area contributed by atoms with Gasteiger partial charge in [0.05, 0.1) is 6.21 Å². The molecular weight excluding hydrogens is 479 g/mol. The first-order chi connectivity index (χ1) is 14.2. The number of hydrogen-bond donors (Lipinski definition) is 1. The zero-order chi connectivity index (χ0) is 20.1. The lowest BCUT2D eigenvalue weighted by Gasteiger charge is -2.09. The summed E-state index contributed by atoms with van der Waals surface area (Å²) in [7, 11) is 0. The summed E-state index contributed by atoms with van der Waals surface area (Å²) in [6.45, 7) is 0.452. The third-order valence-corrected chi connectivity index (χ3v) is 4.96. The molecule has 3 aromatic carbocycles. The Hall–Kier alpha value is -3.13. The van der Waals surface area contributed by atoms with Gasteiger partial charge in [0.15, 0.2) is 5.76 Å². The molecule has 0 aliphatic heterocycles. The van der Waals surface area contributed by atoms with Crippen LogP contribution in [0.15, 0.2) is 88.4 Å². The highest BCUT2D eigenvalue weighted by Gasteiger charge is 2.11. The maximum atomic E-state index is 12.3. The van der Waals surface area contributed by atoms with Crippen LogP contribution in [0.4, 0.5) is 0 Å². The molecule has 29 heavy (non-hydrogen) atoms. The number of hydrogen-bond acceptors (Lipinski definition) is 4. The van der Waals surface area contributed by atoms with Gasteiger partial charge in [0.25, 0.3) is 0 Å². The molecule has 1 amide bonds.